The topological polar surface area (TPSA) is 101 Å². The average Bonchev–Trinajstić information content (AvgIpc) is 3.04. The molecule has 168 valence electrons. The summed E-state index contributed by atoms with van der Waals surface area (Å²) in [5, 5.41) is 6.86. The predicted molar refractivity (Wildman–Crippen MR) is 120 cm³/mol. The van der Waals surface area contributed by atoms with Gasteiger partial charge in [-0.2, -0.15) is 9.40 Å². The maximum Gasteiger partial charge on any atom is 0.276 e. The molecule has 8 nitrogen and oxygen atoms in total. The zero-order valence-electron chi connectivity index (χ0n) is 18.1. The van der Waals surface area contributed by atoms with Gasteiger partial charge in [-0.1, -0.05) is 32.3 Å². The fourth-order valence-electron chi connectivity index (χ4n) is 3.61. The lowest BCUT2D eigenvalue weighted by Crippen LogP contribution is -2.32. The largest absolute Gasteiger partial charge is 0.321 e. The maximum atomic E-state index is 13.2. The van der Waals surface area contributed by atoms with Crippen LogP contribution < -0.4 is 10.9 Å². The van der Waals surface area contributed by atoms with Gasteiger partial charge in [0.2, 0.25) is 10.0 Å². The summed E-state index contributed by atoms with van der Waals surface area (Å²) in [5.74, 6) is -0.493. The second kappa shape index (κ2) is 10.2. The number of benzene rings is 1. The van der Waals surface area contributed by atoms with Crippen LogP contribution in [0.25, 0.3) is 0 Å². The molecule has 0 radical (unpaired) electrons. The Balaban J connectivity index is 1.83. The fraction of sp³-hybridized carbons (Fsp3) is 0.500. The second-order valence-corrected chi connectivity index (χ2v) is 9.79. The number of hydrogen-bond acceptors (Lipinski definition) is 5. The van der Waals surface area contributed by atoms with E-state index in [1.165, 1.54) is 22.9 Å². The summed E-state index contributed by atoms with van der Waals surface area (Å²) >= 11 is 0. The zero-order chi connectivity index (χ0) is 22.4. The summed E-state index contributed by atoms with van der Waals surface area (Å²) in [7, 11) is -3.64. The van der Waals surface area contributed by atoms with E-state index in [0.29, 0.717) is 30.9 Å². The highest BCUT2D eigenvalue weighted by Gasteiger charge is 2.27. The third-order valence-corrected chi connectivity index (χ3v) is 7.49. The minimum atomic E-state index is -3.64. The van der Waals surface area contributed by atoms with Crippen LogP contribution in [0, 0.1) is 6.92 Å². The second-order valence-electron chi connectivity index (χ2n) is 7.89. The first-order valence-electron chi connectivity index (χ1n) is 10.8. The molecule has 1 aromatic carbocycles. The number of hydrogen-bond donors (Lipinski definition) is 1. The van der Waals surface area contributed by atoms with Crippen LogP contribution in [-0.2, 0) is 16.6 Å². The minimum Gasteiger partial charge on any atom is -0.321 e. The molecule has 31 heavy (non-hydrogen) atoms. The molecule has 1 aliphatic heterocycles. The van der Waals surface area contributed by atoms with Crippen molar-refractivity contribution in [3.05, 3.63) is 51.9 Å². The minimum absolute atomic E-state index is 0.105. The van der Waals surface area contributed by atoms with Gasteiger partial charge >= 0.3 is 0 Å². The van der Waals surface area contributed by atoms with Crippen LogP contribution in [0.5, 0.6) is 0 Å². The highest BCUT2D eigenvalue weighted by Crippen LogP contribution is 2.26. The lowest BCUT2D eigenvalue weighted by atomic mass is 10.2. The molecule has 9 heteroatoms. The Morgan fingerprint density at radius 3 is 2.48 bits per heavy atom. The van der Waals surface area contributed by atoms with E-state index in [0.717, 1.165) is 38.5 Å². The van der Waals surface area contributed by atoms with Crippen molar-refractivity contribution in [2.45, 2.75) is 63.8 Å². The first-order valence-corrected chi connectivity index (χ1v) is 12.3. The summed E-state index contributed by atoms with van der Waals surface area (Å²) in [4.78, 5) is 24.8. The van der Waals surface area contributed by atoms with Crippen molar-refractivity contribution >= 4 is 21.6 Å². The lowest BCUT2D eigenvalue weighted by molar-refractivity contribution is 0.101. The Bertz CT molecular complexity index is 1090. The standard InChI is InChI=1S/C22H30N4O4S/c1-3-4-15-26-21(27)12-11-19(24-26)22(28)23-18-10-9-17(2)20(16-18)31(29,30)25-13-7-5-6-8-14-25/h9-12,16H,3-8,13-15H2,1-2H3,(H,23,28). The third-order valence-electron chi connectivity index (χ3n) is 5.45. The molecule has 2 aromatic rings. The van der Waals surface area contributed by atoms with Gasteiger partial charge in [0.05, 0.1) is 4.90 Å². The lowest BCUT2D eigenvalue weighted by Gasteiger charge is -2.21. The van der Waals surface area contributed by atoms with Gasteiger partial charge in [0.15, 0.2) is 0 Å². The summed E-state index contributed by atoms with van der Waals surface area (Å²) in [6, 6.07) is 7.56. The van der Waals surface area contributed by atoms with Gasteiger partial charge in [-0.15, -0.1) is 0 Å². The molecule has 0 aliphatic carbocycles. The Hall–Kier alpha value is -2.52. The van der Waals surface area contributed by atoms with Crippen LogP contribution in [0.3, 0.4) is 0 Å². The van der Waals surface area contributed by atoms with E-state index in [1.807, 2.05) is 6.92 Å². The van der Waals surface area contributed by atoms with Crippen LogP contribution >= 0.6 is 0 Å². The fourth-order valence-corrected chi connectivity index (χ4v) is 5.38. The Morgan fingerprint density at radius 2 is 1.81 bits per heavy atom. The van der Waals surface area contributed by atoms with Crippen LogP contribution in [-0.4, -0.2) is 41.5 Å². The van der Waals surface area contributed by atoms with Crippen molar-refractivity contribution in [3.8, 4) is 0 Å². The molecule has 0 atom stereocenters. The van der Waals surface area contributed by atoms with Gasteiger partial charge in [0.1, 0.15) is 5.69 Å². The normalized spacial score (nSPS) is 15.4. The number of rotatable bonds is 7. The molecule has 0 unspecified atom stereocenters. The number of anilines is 1. The number of amides is 1. The number of aryl methyl sites for hydroxylation is 2. The van der Waals surface area contributed by atoms with Gasteiger partial charge in [-0.25, -0.2) is 13.1 Å². The molecule has 3 rings (SSSR count). The predicted octanol–water partition coefficient (Wildman–Crippen LogP) is 3.17. The Labute approximate surface area is 183 Å². The van der Waals surface area contributed by atoms with Gasteiger partial charge in [0.25, 0.3) is 11.5 Å². The monoisotopic (exact) mass is 446 g/mol. The SMILES string of the molecule is CCCCn1nc(C(=O)Nc2ccc(C)c(S(=O)(=O)N3CCCCCC3)c2)ccc1=O. The smallest absolute Gasteiger partial charge is 0.276 e. The van der Waals surface area contributed by atoms with E-state index in [2.05, 4.69) is 10.4 Å². The van der Waals surface area contributed by atoms with Gasteiger partial charge in [0, 0.05) is 31.4 Å². The van der Waals surface area contributed by atoms with Crippen LogP contribution in [0.2, 0.25) is 0 Å². The van der Waals surface area contributed by atoms with Crippen LogP contribution in [0.15, 0.2) is 40.0 Å². The summed E-state index contributed by atoms with van der Waals surface area (Å²) < 4.78 is 29.2. The van der Waals surface area contributed by atoms with E-state index in [9.17, 15) is 18.0 Å². The summed E-state index contributed by atoms with van der Waals surface area (Å²) in [5.41, 5.74) is 0.852. The molecule has 2 heterocycles. The molecule has 1 fully saturated rings. The number of nitrogens with one attached hydrogen (secondary N) is 1. The molecule has 1 N–H and O–H groups in total. The summed E-state index contributed by atoms with van der Waals surface area (Å²) in [6.45, 7) is 5.24. The molecule has 1 aliphatic rings. The molecule has 1 amide bonds. The molecule has 0 spiro atoms. The third kappa shape index (κ3) is 5.59. The number of carbonyl (C=O) groups excluding carboxylic acids is 1. The van der Waals surface area contributed by atoms with Gasteiger partial charge in [-0.3, -0.25) is 9.59 Å². The van der Waals surface area contributed by atoms with E-state index in [1.54, 1.807) is 23.4 Å². The maximum absolute atomic E-state index is 13.2. The average molecular weight is 447 g/mol. The summed E-state index contributed by atoms with van der Waals surface area (Å²) in [6.07, 6.45) is 5.47. The van der Waals surface area contributed by atoms with Crippen molar-refractivity contribution in [1.82, 2.24) is 14.1 Å². The van der Waals surface area contributed by atoms with Crippen LogP contribution in [0.4, 0.5) is 5.69 Å². The molecule has 0 bridgehead atoms. The van der Waals surface area contributed by atoms with Crippen molar-refractivity contribution in [3.63, 3.8) is 0 Å². The van der Waals surface area contributed by atoms with Crippen molar-refractivity contribution in [2.24, 2.45) is 0 Å². The number of aromatic nitrogens is 2. The first kappa shape index (κ1) is 23.1. The zero-order valence-corrected chi connectivity index (χ0v) is 19.0. The first-order chi connectivity index (χ1) is 14.8. The van der Waals surface area contributed by atoms with Gasteiger partial charge in [-0.05, 0) is 49.9 Å². The van der Waals surface area contributed by atoms with Crippen molar-refractivity contribution in [2.75, 3.05) is 18.4 Å². The van der Waals surface area contributed by atoms with Crippen molar-refractivity contribution < 1.29 is 13.2 Å². The van der Waals surface area contributed by atoms with E-state index in [4.69, 9.17) is 0 Å². The Morgan fingerprint density at radius 1 is 1.10 bits per heavy atom. The van der Waals surface area contributed by atoms with E-state index < -0.39 is 15.9 Å². The quantitative estimate of drug-likeness (QED) is 0.704. The molecule has 0 saturated carbocycles. The van der Waals surface area contributed by atoms with Crippen molar-refractivity contribution in [1.29, 1.82) is 0 Å². The number of carbonyl (C=O) groups is 1. The number of nitrogens with zero attached hydrogens (tertiary/aromatic N) is 3. The highest BCUT2D eigenvalue weighted by molar-refractivity contribution is 7.89. The number of sulfonamides is 1. The van der Waals surface area contributed by atoms with E-state index in [-0.39, 0.29) is 16.1 Å². The number of unbranched alkanes of at least 4 members (excludes halogenated alkanes) is 1. The highest BCUT2D eigenvalue weighted by atomic mass is 32.2. The Kier molecular flexibility index (Phi) is 7.61. The van der Waals surface area contributed by atoms with Crippen LogP contribution in [0.1, 0.15) is 61.5 Å². The molecule has 1 saturated heterocycles. The molecular formula is C22H30N4O4S. The molecular weight excluding hydrogens is 416 g/mol. The van der Waals surface area contributed by atoms with Gasteiger partial charge < -0.3 is 5.32 Å². The van der Waals surface area contributed by atoms with E-state index >= 15 is 0 Å². The molecule has 1 aromatic heterocycles.